The maximum Gasteiger partial charge on any atom is 0.210 e. The third kappa shape index (κ3) is 2.83. The van der Waals surface area contributed by atoms with E-state index in [1.807, 2.05) is 0 Å². The first-order valence-corrected chi connectivity index (χ1v) is 6.95. The summed E-state index contributed by atoms with van der Waals surface area (Å²) in [5.41, 5.74) is -0.117. The Kier molecular flexibility index (Phi) is 5.70. The van der Waals surface area contributed by atoms with Gasteiger partial charge in [0.15, 0.2) is 0 Å². The van der Waals surface area contributed by atoms with Crippen LogP contribution in [0.1, 0.15) is 68.2 Å². The van der Waals surface area contributed by atoms with Crippen LogP contribution in [0.2, 0.25) is 0 Å². The van der Waals surface area contributed by atoms with Crippen molar-refractivity contribution in [2.24, 2.45) is 11.8 Å². The van der Waals surface area contributed by atoms with Gasteiger partial charge < -0.3 is 4.90 Å². The monoisotopic (exact) mass is 241 g/mol. The van der Waals surface area contributed by atoms with E-state index in [1.165, 1.54) is 0 Å². The number of rotatable bonds is 7. The number of amides is 1. The summed E-state index contributed by atoms with van der Waals surface area (Å²) in [7, 11) is 0. The maximum atomic E-state index is 11.7. The van der Waals surface area contributed by atoms with Crippen LogP contribution in [-0.4, -0.2) is 22.4 Å². The number of hydrogen-bond acceptors (Lipinski definition) is 1. The third-order valence-electron chi connectivity index (χ3n) is 5.13. The fraction of sp³-hybridized carbons (Fsp3) is 0.933. The lowest BCUT2D eigenvalue weighted by molar-refractivity contribution is -0.139. The number of carbonyl (C=O) groups is 1. The second-order valence-corrected chi connectivity index (χ2v) is 6.21. The minimum Gasteiger partial charge on any atom is -0.334 e. The van der Waals surface area contributed by atoms with Crippen LogP contribution in [0.5, 0.6) is 0 Å². The van der Waals surface area contributed by atoms with Crippen LogP contribution in [0, 0.1) is 11.8 Å². The molecular formula is C15H31NO. The van der Waals surface area contributed by atoms with Gasteiger partial charge in [-0.2, -0.15) is 0 Å². The molecule has 0 aromatic rings. The molecule has 0 aliphatic heterocycles. The van der Waals surface area contributed by atoms with Crippen molar-refractivity contribution in [1.82, 2.24) is 4.90 Å². The molecule has 0 bridgehead atoms. The Hall–Kier alpha value is -0.530. The van der Waals surface area contributed by atoms with Crippen LogP contribution in [0.3, 0.4) is 0 Å². The van der Waals surface area contributed by atoms with E-state index in [9.17, 15) is 4.79 Å². The second-order valence-electron chi connectivity index (χ2n) is 6.21. The zero-order chi connectivity index (χ0) is 13.9. The van der Waals surface area contributed by atoms with E-state index in [2.05, 4.69) is 60.3 Å². The van der Waals surface area contributed by atoms with Gasteiger partial charge in [-0.1, -0.05) is 41.5 Å². The summed E-state index contributed by atoms with van der Waals surface area (Å²) in [6, 6.07) is 0. The van der Waals surface area contributed by atoms with Crippen molar-refractivity contribution in [2.45, 2.75) is 79.3 Å². The van der Waals surface area contributed by atoms with E-state index in [1.54, 1.807) is 0 Å². The predicted molar refractivity (Wildman–Crippen MR) is 75.0 cm³/mol. The minimum atomic E-state index is -0.0587. The molecular weight excluding hydrogens is 210 g/mol. The minimum absolute atomic E-state index is 0.0587. The molecule has 2 unspecified atom stereocenters. The Labute approximate surface area is 108 Å². The molecule has 2 heteroatoms. The van der Waals surface area contributed by atoms with Gasteiger partial charge in [-0.3, -0.25) is 4.79 Å². The fourth-order valence-electron chi connectivity index (χ4n) is 2.54. The lowest BCUT2D eigenvalue weighted by Gasteiger charge is -2.53. The van der Waals surface area contributed by atoms with Crippen molar-refractivity contribution in [2.75, 3.05) is 0 Å². The van der Waals surface area contributed by atoms with E-state index in [0.29, 0.717) is 11.8 Å². The molecule has 2 atom stereocenters. The molecule has 0 saturated carbocycles. The molecule has 0 radical (unpaired) electrons. The molecule has 0 spiro atoms. The molecule has 0 N–H and O–H groups in total. The Morgan fingerprint density at radius 1 is 0.941 bits per heavy atom. The highest BCUT2D eigenvalue weighted by atomic mass is 16.1. The molecule has 1 amide bonds. The Bertz CT molecular complexity index is 227. The highest BCUT2D eigenvalue weighted by Crippen LogP contribution is 2.38. The van der Waals surface area contributed by atoms with E-state index in [0.717, 1.165) is 19.3 Å². The summed E-state index contributed by atoms with van der Waals surface area (Å²) in [6.07, 6.45) is 3.05. The quantitative estimate of drug-likeness (QED) is 0.615. The first-order valence-electron chi connectivity index (χ1n) is 6.95. The zero-order valence-corrected chi connectivity index (χ0v) is 13.0. The van der Waals surface area contributed by atoms with Gasteiger partial charge in [0.05, 0.1) is 0 Å². The van der Waals surface area contributed by atoms with E-state index >= 15 is 0 Å². The van der Waals surface area contributed by atoms with Gasteiger partial charge in [-0.05, 0) is 38.5 Å². The van der Waals surface area contributed by atoms with Crippen molar-refractivity contribution in [3.05, 3.63) is 0 Å². The highest BCUT2D eigenvalue weighted by molar-refractivity contribution is 5.51. The Morgan fingerprint density at radius 3 is 1.35 bits per heavy atom. The largest absolute Gasteiger partial charge is 0.334 e. The zero-order valence-electron chi connectivity index (χ0n) is 13.0. The van der Waals surface area contributed by atoms with Crippen molar-refractivity contribution in [3.63, 3.8) is 0 Å². The Balaban J connectivity index is 5.51. The van der Waals surface area contributed by atoms with Gasteiger partial charge in [0.25, 0.3) is 0 Å². The maximum absolute atomic E-state index is 11.7. The van der Waals surface area contributed by atoms with E-state index in [4.69, 9.17) is 0 Å². The average molecular weight is 241 g/mol. The summed E-state index contributed by atoms with van der Waals surface area (Å²) in [6.45, 7) is 17.6. The number of carbonyl (C=O) groups excluding carboxylic acids is 1. The van der Waals surface area contributed by atoms with Crippen LogP contribution >= 0.6 is 0 Å². The van der Waals surface area contributed by atoms with Crippen molar-refractivity contribution < 1.29 is 4.79 Å². The lowest BCUT2D eigenvalue weighted by Crippen LogP contribution is -2.61. The fourth-order valence-corrected chi connectivity index (χ4v) is 2.54. The number of nitrogens with zero attached hydrogens (tertiary/aromatic N) is 1. The second kappa shape index (κ2) is 5.88. The summed E-state index contributed by atoms with van der Waals surface area (Å²) in [5.74, 6) is 0.921. The topological polar surface area (TPSA) is 20.3 Å². The standard InChI is InChI=1S/C15H31NO/c1-9-14(7,12(3)4)16(11-17)15(8,10-2)13(5)6/h11-13H,9-10H2,1-8H3. The van der Waals surface area contributed by atoms with Gasteiger partial charge in [-0.15, -0.1) is 0 Å². The first kappa shape index (κ1) is 16.5. The lowest BCUT2D eigenvalue weighted by atomic mass is 9.76. The van der Waals surface area contributed by atoms with Gasteiger partial charge in [-0.25, -0.2) is 0 Å². The molecule has 0 aromatic carbocycles. The molecule has 0 aliphatic carbocycles. The normalized spacial score (nSPS) is 18.9. The van der Waals surface area contributed by atoms with Crippen LogP contribution in [0.25, 0.3) is 0 Å². The SMILES string of the molecule is CCC(C)(C(C)C)N(C=O)C(C)(CC)C(C)C. The molecule has 0 heterocycles. The van der Waals surface area contributed by atoms with Crippen LogP contribution in [-0.2, 0) is 4.79 Å². The molecule has 0 aliphatic rings. The predicted octanol–water partition coefficient (Wildman–Crippen LogP) is 4.09. The van der Waals surface area contributed by atoms with E-state index in [-0.39, 0.29) is 11.1 Å². The molecule has 0 fully saturated rings. The first-order chi connectivity index (χ1) is 7.70. The van der Waals surface area contributed by atoms with Crippen LogP contribution in [0.15, 0.2) is 0 Å². The average Bonchev–Trinajstić information content (AvgIpc) is 2.28. The van der Waals surface area contributed by atoms with Gasteiger partial charge in [0.2, 0.25) is 6.41 Å². The summed E-state index contributed by atoms with van der Waals surface area (Å²) in [4.78, 5) is 13.7. The smallest absolute Gasteiger partial charge is 0.210 e. The summed E-state index contributed by atoms with van der Waals surface area (Å²) >= 11 is 0. The van der Waals surface area contributed by atoms with Gasteiger partial charge >= 0.3 is 0 Å². The number of hydrogen-bond donors (Lipinski definition) is 0. The third-order valence-corrected chi connectivity index (χ3v) is 5.13. The molecule has 0 rings (SSSR count). The highest BCUT2D eigenvalue weighted by Gasteiger charge is 2.43. The van der Waals surface area contributed by atoms with Gasteiger partial charge in [0, 0.05) is 11.1 Å². The molecule has 0 aromatic heterocycles. The summed E-state index contributed by atoms with van der Waals surface area (Å²) < 4.78 is 0. The molecule has 102 valence electrons. The van der Waals surface area contributed by atoms with Crippen molar-refractivity contribution >= 4 is 6.41 Å². The van der Waals surface area contributed by atoms with Crippen LogP contribution < -0.4 is 0 Å². The van der Waals surface area contributed by atoms with Crippen LogP contribution in [0.4, 0.5) is 0 Å². The molecule has 17 heavy (non-hydrogen) atoms. The van der Waals surface area contributed by atoms with E-state index < -0.39 is 0 Å². The molecule has 0 saturated heterocycles. The van der Waals surface area contributed by atoms with Crippen molar-refractivity contribution in [1.29, 1.82) is 0 Å². The molecule has 2 nitrogen and oxygen atoms in total. The summed E-state index contributed by atoms with van der Waals surface area (Å²) in [5, 5.41) is 0. The van der Waals surface area contributed by atoms with Gasteiger partial charge in [0.1, 0.15) is 0 Å². The Morgan fingerprint density at radius 2 is 1.24 bits per heavy atom. The van der Waals surface area contributed by atoms with Crippen molar-refractivity contribution in [3.8, 4) is 0 Å².